The highest BCUT2D eigenvalue weighted by molar-refractivity contribution is 5.85. The number of benzene rings is 2. The van der Waals surface area contributed by atoms with Crippen LogP contribution >= 0.6 is 0 Å². The number of aromatic nitrogens is 4. The Morgan fingerprint density at radius 2 is 1.72 bits per heavy atom. The molecular formula is C24H23N5. The normalized spacial score (nSPS) is 11.4. The van der Waals surface area contributed by atoms with Crippen LogP contribution in [0, 0.1) is 13.8 Å². The highest BCUT2D eigenvalue weighted by atomic mass is 15.3. The first-order valence-electron chi connectivity index (χ1n) is 9.91. The molecule has 0 radical (unpaired) electrons. The Balaban J connectivity index is 1.43. The molecule has 0 aliphatic heterocycles. The fourth-order valence-corrected chi connectivity index (χ4v) is 3.98. The fourth-order valence-electron chi connectivity index (χ4n) is 3.98. The van der Waals surface area contributed by atoms with E-state index in [1.54, 1.807) is 0 Å². The van der Waals surface area contributed by atoms with Gasteiger partial charge < -0.3 is 9.88 Å². The van der Waals surface area contributed by atoms with E-state index in [0.717, 1.165) is 41.3 Å². The summed E-state index contributed by atoms with van der Waals surface area (Å²) in [5, 5.41) is 10.6. The largest absolute Gasteiger partial charge is 0.368 e. The highest BCUT2D eigenvalue weighted by Crippen LogP contribution is 2.25. The lowest BCUT2D eigenvalue weighted by Gasteiger charge is -2.10. The first kappa shape index (κ1) is 17.5. The zero-order chi connectivity index (χ0) is 19.8. The smallest absolute Gasteiger partial charge is 0.165 e. The van der Waals surface area contributed by atoms with Gasteiger partial charge in [0.1, 0.15) is 5.82 Å². The van der Waals surface area contributed by atoms with E-state index in [0.29, 0.717) is 0 Å². The number of fused-ring (bicyclic) bond motifs is 2. The maximum atomic E-state index is 4.89. The topological polar surface area (TPSA) is 47.7 Å². The lowest BCUT2D eigenvalue weighted by Crippen LogP contribution is -2.11. The van der Waals surface area contributed by atoms with Gasteiger partial charge in [-0.3, -0.25) is 0 Å². The molecule has 0 bridgehead atoms. The van der Waals surface area contributed by atoms with Gasteiger partial charge in [0.05, 0.1) is 11.4 Å². The third kappa shape index (κ3) is 3.14. The second-order valence-electron chi connectivity index (χ2n) is 7.35. The lowest BCUT2D eigenvalue weighted by molar-refractivity contribution is 0.755. The molecule has 0 aliphatic rings. The third-order valence-corrected chi connectivity index (χ3v) is 5.35. The molecule has 3 aromatic heterocycles. The average molecular weight is 381 g/mol. The second kappa shape index (κ2) is 7.09. The van der Waals surface area contributed by atoms with Gasteiger partial charge in [-0.2, -0.15) is 5.10 Å². The van der Waals surface area contributed by atoms with Crippen LogP contribution in [0.2, 0.25) is 0 Å². The van der Waals surface area contributed by atoms with E-state index in [1.165, 1.54) is 16.5 Å². The molecule has 0 spiro atoms. The van der Waals surface area contributed by atoms with E-state index in [-0.39, 0.29) is 0 Å². The molecule has 0 aliphatic carbocycles. The highest BCUT2D eigenvalue weighted by Gasteiger charge is 2.14. The molecule has 5 heteroatoms. The number of nitrogens with zero attached hydrogens (tertiary/aromatic N) is 4. The molecule has 2 aromatic carbocycles. The Hall–Kier alpha value is -3.60. The Morgan fingerprint density at radius 3 is 2.59 bits per heavy atom. The van der Waals surface area contributed by atoms with E-state index in [2.05, 4.69) is 71.5 Å². The molecule has 3 heterocycles. The maximum Gasteiger partial charge on any atom is 0.165 e. The van der Waals surface area contributed by atoms with Crippen LogP contribution in [0.3, 0.4) is 0 Å². The van der Waals surface area contributed by atoms with E-state index < -0.39 is 0 Å². The summed E-state index contributed by atoms with van der Waals surface area (Å²) in [5.74, 6) is 0.878. The SMILES string of the molecule is Cc1cc(NCCn2ccc3ccccc32)nc2c1c(C)nn2-c1ccccc1. The summed E-state index contributed by atoms with van der Waals surface area (Å²) in [6.07, 6.45) is 2.14. The standard InChI is InChI=1S/C24H23N5/c1-17-16-22(25-13-15-28-14-12-19-8-6-7-11-21(19)28)26-24-23(17)18(2)27-29(24)20-9-4-3-5-10-20/h3-12,14,16H,13,15H2,1-2H3,(H,25,26). The quantitative estimate of drug-likeness (QED) is 0.460. The van der Waals surface area contributed by atoms with Crippen molar-refractivity contribution in [2.75, 3.05) is 11.9 Å². The molecule has 144 valence electrons. The van der Waals surface area contributed by atoms with Gasteiger partial charge in [-0.25, -0.2) is 9.67 Å². The number of anilines is 1. The predicted octanol–water partition coefficient (Wildman–Crippen LogP) is 5.10. The minimum Gasteiger partial charge on any atom is -0.368 e. The van der Waals surface area contributed by atoms with Crippen molar-refractivity contribution >= 4 is 27.8 Å². The van der Waals surface area contributed by atoms with Crippen molar-refractivity contribution in [1.82, 2.24) is 19.3 Å². The second-order valence-corrected chi connectivity index (χ2v) is 7.35. The van der Waals surface area contributed by atoms with Crippen LogP contribution in [0.15, 0.2) is 72.9 Å². The van der Waals surface area contributed by atoms with Gasteiger partial charge in [0, 0.05) is 30.2 Å². The molecule has 5 rings (SSSR count). The van der Waals surface area contributed by atoms with Crippen LogP contribution in [0.25, 0.3) is 27.6 Å². The van der Waals surface area contributed by atoms with E-state index >= 15 is 0 Å². The Kier molecular flexibility index (Phi) is 4.28. The number of rotatable bonds is 5. The molecule has 0 saturated carbocycles. The third-order valence-electron chi connectivity index (χ3n) is 5.35. The maximum absolute atomic E-state index is 4.89. The summed E-state index contributed by atoms with van der Waals surface area (Å²) in [6.45, 7) is 5.84. The minimum absolute atomic E-state index is 0.801. The molecule has 1 N–H and O–H groups in total. The van der Waals surface area contributed by atoms with Crippen molar-refractivity contribution in [3.63, 3.8) is 0 Å². The van der Waals surface area contributed by atoms with Crippen molar-refractivity contribution in [2.24, 2.45) is 0 Å². The Labute approximate surface area is 169 Å². The Morgan fingerprint density at radius 1 is 0.931 bits per heavy atom. The number of pyridine rings is 1. The molecule has 0 amide bonds. The van der Waals surface area contributed by atoms with Crippen LogP contribution in [0.1, 0.15) is 11.3 Å². The van der Waals surface area contributed by atoms with Crippen LogP contribution < -0.4 is 5.32 Å². The van der Waals surface area contributed by atoms with Crippen molar-refractivity contribution in [3.05, 3.63) is 84.2 Å². The molecule has 5 nitrogen and oxygen atoms in total. The van der Waals surface area contributed by atoms with Crippen molar-refractivity contribution in [3.8, 4) is 5.69 Å². The summed E-state index contributed by atoms with van der Waals surface area (Å²) in [6, 6.07) is 22.9. The number of hydrogen-bond acceptors (Lipinski definition) is 3. The predicted molar refractivity (Wildman–Crippen MR) is 119 cm³/mol. The van der Waals surface area contributed by atoms with E-state index in [4.69, 9.17) is 10.1 Å². The molecule has 0 atom stereocenters. The lowest BCUT2D eigenvalue weighted by atomic mass is 10.1. The van der Waals surface area contributed by atoms with Crippen molar-refractivity contribution in [2.45, 2.75) is 20.4 Å². The minimum atomic E-state index is 0.801. The number of hydrogen-bond donors (Lipinski definition) is 1. The van der Waals surface area contributed by atoms with E-state index in [9.17, 15) is 0 Å². The van der Waals surface area contributed by atoms with Gasteiger partial charge in [-0.1, -0.05) is 36.4 Å². The molecule has 0 saturated heterocycles. The average Bonchev–Trinajstić information content (AvgIpc) is 3.30. The number of aryl methyl sites for hydroxylation is 2. The van der Waals surface area contributed by atoms with Gasteiger partial charge in [0.25, 0.3) is 0 Å². The van der Waals surface area contributed by atoms with Gasteiger partial charge >= 0.3 is 0 Å². The number of nitrogens with one attached hydrogen (secondary N) is 1. The summed E-state index contributed by atoms with van der Waals surface area (Å²) < 4.78 is 4.20. The first-order chi connectivity index (χ1) is 14.2. The van der Waals surface area contributed by atoms with Gasteiger partial charge in [-0.15, -0.1) is 0 Å². The molecule has 0 fully saturated rings. The fraction of sp³-hybridized carbons (Fsp3) is 0.167. The molecular weight excluding hydrogens is 358 g/mol. The molecule has 29 heavy (non-hydrogen) atoms. The molecule has 0 unspecified atom stereocenters. The zero-order valence-corrected chi connectivity index (χ0v) is 16.6. The van der Waals surface area contributed by atoms with Gasteiger partial charge in [0.15, 0.2) is 5.65 Å². The summed E-state index contributed by atoms with van der Waals surface area (Å²) in [5.41, 5.74) is 5.35. The van der Waals surface area contributed by atoms with Crippen molar-refractivity contribution < 1.29 is 0 Å². The van der Waals surface area contributed by atoms with E-state index in [1.807, 2.05) is 29.8 Å². The van der Waals surface area contributed by atoms with Crippen LogP contribution in [0.5, 0.6) is 0 Å². The zero-order valence-electron chi connectivity index (χ0n) is 16.6. The molecule has 5 aromatic rings. The first-order valence-corrected chi connectivity index (χ1v) is 9.91. The van der Waals surface area contributed by atoms with Gasteiger partial charge in [-0.05, 0) is 55.1 Å². The van der Waals surface area contributed by atoms with Crippen LogP contribution in [-0.2, 0) is 6.54 Å². The van der Waals surface area contributed by atoms with Crippen molar-refractivity contribution in [1.29, 1.82) is 0 Å². The summed E-state index contributed by atoms with van der Waals surface area (Å²) in [4.78, 5) is 4.89. The summed E-state index contributed by atoms with van der Waals surface area (Å²) in [7, 11) is 0. The number of para-hydroxylation sites is 2. The van der Waals surface area contributed by atoms with Gasteiger partial charge in [0.2, 0.25) is 0 Å². The van der Waals surface area contributed by atoms with Crippen LogP contribution in [0.4, 0.5) is 5.82 Å². The monoisotopic (exact) mass is 381 g/mol. The summed E-state index contributed by atoms with van der Waals surface area (Å²) >= 11 is 0. The van der Waals surface area contributed by atoms with Crippen LogP contribution in [-0.4, -0.2) is 25.9 Å². The Bertz CT molecular complexity index is 1300.